The molecule has 2 N–H and O–H groups in total. The summed E-state index contributed by atoms with van der Waals surface area (Å²) in [5, 5.41) is 13.5. The van der Waals surface area contributed by atoms with Gasteiger partial charge in [-0.15, -0.1) is 0 Å². The summed E-state index contributed by atoms with van der Waals surface area (Å²) in [6.07, 6.45) is 0.943. The predicted octanol–water partition coefficient (Wildman–Crippen LogP) is 5.37. The maximum absolute atomic E-state index is 9.32. The van der Waals surface area contributed by atoms with Crippen molar-refractivity contribution in [3.8, 4) is 5.75 Å². The topological polar surface area (TPSA) is 32.3 Å². The Hall–Kier alpha value is -1.19. The van der Waals surface area contributed by atoms with Crippen LogP contribution in [0.4, 0.5) is 5.69 Å². The summed E-state index contributed by atoms with van der Waals surface area (Å²) in [5.74, 6) is 0.283. The molecule has 0 saturated carbocycles. The lowest BCUT2D eigenvalue weighted by Crippen LogP contribution is -2.09. The third-order valence-electron chi connectivity index (χ3n) is 2.96. The molecule has 2 aromatic rings. The zero-order chi connectivity index (χ0) is 13.8. The molecule has 0 aliphatic carbocycles. The van der Waals surface area contributed by atoms with E-state index in [4.69, 9.17) is 11.6 Å². The summed E-state index contributed by atoms with van der Waals surface area (Å²) in [5.41, 5.74) is 2.12. The molecule has 0 amide bonds. The predicted molar refractivity (Wildman–Crippen MR) is 83.9 cm³/mol. The van der Waals surface area contributed by atoms with Crippen LogP contribution in [0.5, 0.6) is 5.75 Å². The first-order valence-corrected chi connectivity index (χ1v) is 7.27. The molecule has 2 nitrogen and oxygen atoms in total. The SMILES string of the molecule is CCC(Nc1ccc(Br)c(Cl)c1)c1ccc(O)cc1. The van der Waals surface area contributed by atoms with Gasteiger partial charge < -0.3 is 10.4 Å². The number of hydrogen-bond donors (Lipinski definition) is 2. The number of phenols is 1. The molecule has 1 unspecified atom stereocenters. The maximum atomic E-state index is 9.32. The third kappa shape index (κ3) is 3.64. The van der Waals surface area contributed by atoms with Crippen molar-refractivity contribution in [3.05, 3.63) is 57.5 Å². The summed E-state index contributed by atoms with van der Waals surface area (Å²) >= 11 is 9.47. The average molecular weight is 341 g/mol. The van der Waals surface area contributed by atoms with E-state index in [1.54, 1.807) is 12.1 Å². The average Bonchev–Trinajstić information content (AvgIpc) is 2.41. The van der Waals surface area contributed by atoms with Crippen molar-refractivity contribution < 1.29 is 5.11 Å². The molecular formula is C15H15BrClNO. The van der Waals surface area contributed by atoms with E-state index in [1.807, 2.05) is 30.3 Å². The van der Waals surface area contributed by atoms with E-state index < -0.39 is 0 Å². The molecule has 100 valence electrons. The molecule has 2 rings (SSSR count). The van der Waals surface area contributed by atoms with Gasteiger partial charge in [0, 0.05) is 10.2 Å². The number of aromatic hydroxyl groups is 1. The lowest BCUT2D eigenvalue weighted by Gasteiger charge is -2.19. The van der Waals surface area contributed by atoms with Gasteiger partial charge in [0.25, 0.3) is 0 Å². The highest BCUT2D eigenvalue weighted by atomic mass is 79.9. The Bertz CT molecular complexity index is 557. The Morgan fingerprint density at radius 3 is 2.47 bits per heavy atom. The molecule has 0 aliphatic heterocycles. The number of anilines is 1. The van der Waals surface area contributed by atoms with Gasteiger partial charge in [0.1, 0.15) is 5.75 Å². The van der Waals surface area contributed by atoms with Gasteiger partial charge in [-0.25, -0.2) is 0 Å². The van der Waals surface area contributed by atoms with Gasteiger partial charge in [-0.3, -0.25) is 0 Å². The van der Waals surface area contributed by atoms with Crippen LogP contribution in [0.1, 0.15) is 24.9 Å². The Morgan fingerprint density at radius 2 is 1.89 bits per heavy atom. The Kier molecular flexibility index (Phi) is 4.72. The van der Waals surface area contributed by atoms with Crippen molar-refractivity contribution in [1.29, 1.82) is 0 Å². The molecule has 0 fully saturated rings. The van der Waals surface area contributed by atoms with Crippen LogP contribution in [0.2, 0.25) is 5.02 Å². The summed E-state index contributed by atoms with van der Waals surface area (Å²) < 4.78 is 0.886. The van der Waals surface area contributed by atoms with Crippen LogP contribution < -0.4 is 5.32 Å². The summed E-state index contributed by atoms with van der Waals surface area (Å²) in [4.78, 5) is 0. The maximum Gasteiger partial charge on any atom is 0.115 e. The number of halogens is 2. The van der Waals surface area contributed by atoms with Crippen LogP contribution in [0.3, 0.4) is 0 Å². The fourth-order valence-corrected chi connectivity index (χ4v) is 2.34. The van der Waals surface area contributed by atoms with Gasteiger partial charge in [0.15, 0.2) is 0 Å². The molecule has 0 saturated heterocycles. The molecule has 0 aromatic heterocycles. The molecule has 0 radical (unpaired) electrons. The summed E-state index contributed by atoms with van der Waals surface area (Å²) in [7, 11) is 0. The normalized spacial score (nSPS) is 12.2. The fraction of sp³-hybridized carbons (Fsp3) is 0.200. The number of rotatable bonds is 4. The molecule has 0 aliphatic rings. The minimum atomic E-state index is 0.192. The van der Waals surface area contributed by atoms with Crippen LogP contribution in [0.15, 0.2) is 46.9 Å². The second kappa shape index (κ2) is 6.31. The van der Waals surface area contributed by atoms with E-state index in [9.17, 15) is 5.11 Å². The lowest BCUT2D eigenvalue weighted by molar-refractivity contribution is 0.475. The first-order valence-electron chi connectivity index (χ1n) is 6.10. The second-order valence-electron chi connectivity index (χ2n) is 4.33. The zero-order valence-corrected chi connectivity index (χ0v) is 12.9. The van der Waals surface area contributed by atoms with Crippen LogP contribution in [0.25, 0.3) is 0 Å². The quantitative estimate of drug-likeness (QED) is 0.784. The Balaban J connectivity index is 2.18. The standard InChI is InChI=1S/C15H15BrClNO/c1-2-15(10-3-6-12(19)7-4-10)18-11-5-8-13(16)14(17)9-11/h3-9,15,18-19H,2H2,1H3. The number of nitrogens with one attached hydrogen (secondary N) is 1. The van der Waals surface area contributed by atoms with Gasteiger partial charge >= 0.3 is 0 Å². The Labute approximate surface area is 126 Å². The minimum Gasteiger partial charge on any atom is -0.508 e. The van der Waals surface area contributed by atoms with E-state index in [0.29, 0.717) is 5.02 Å². The van der Waals surface area contributed by atoms with Crippen LogP contribution in [0, 0.1) is 0 Å². The first-order chi connectivity index (χ1) is 9.10. The molecule has 0 spiro atoms. The van der Waals surface area contributed by atoms with E-state index >= 15 is 0 Å². The van der Waals surface area contributed by atoms with E-state index in [2.05, 4.69) is 28.2 Å². The van der Waals surface area contributed by atoms with Crippen molar-refractivity contribution in [1.82, 2.24) is 0 Å². The van der Waals surface area contributed by atoms with Crippen molar-refractivity contribution in [2.75, 3.05) is 5.32 Å². The smallest absolute Gasteiger partial charge is 0.115 e. The van der Waals surface area contributed by atoms with Gasteiger partial charge in [0.2, 0.25) is 0 Å². The molecule has 1 atom stereocenters. The van der Waals surface area contributed by atoms with E-state index in [-0.39, 0.29) is 11.8 Å². The van der Waals surface area contributed by atoms with Gasteiger partial charge in [-0.1, -0.05) is 30.7 Å². The van der Waals surface area contributed by atoms with Crippen LogP contribution >= 0.6 is 27.5 Å². The monoisotopic (exact) mass is 339 g/mol. The number of hydrogen-bond acceptors (Lipinski definition) is 2. The van der Waals surface area contributed by atoms with Crippen molar-refractivity contribution in [3.63, 3.8) is 0 Å². The van der Waals surface area contributed by atoms with Crippen LogP contribution in [-0.2, 0) is 0 Å². The molecule has 0 bridgehead atoms. The van der Waals surface area contributed by atoms with Gasteiger partial charge in [0.05, 0.1) is 11.1 Å². The highest BCUT2D eigenvalue weighted by Gasteiger charge is 2.09. The van der Waals surface area contributed by atoms with Crippen molar-refractivity contribution >= 4 is 33.2 Å². The molecular weight excluding hydrogens is 326 g/mol. The second-order valence-corrected chi connectivity index (χ2v) is 5.59. The van der Waals surface area contributed by atoms with Gasteiger partial charge in [-0.05, 0) is 58.2 Å². The van der Waals surface area contributed by atoms with Crippen molar-refractivity contribution in [2.24, 2.45) is 0 Å². The summed E-state index contributed by atoms with van der Waals surface area (Å²) in [6, 6.07) is 13.3. The molecule has 0 heterocycles. The number of benzene rings is 2. The fourth-order valence-electron chi connectivity index (χ4n) is 1.91. The molecule has 4 heteroatoms. The largest absolute Gasteiger partial charge is 0.508 e. The summed E-state index contributed by atoms with van der Waals surface area (Å²) in [6.45, 7) is 2.12. The highest BCUT2D eigenvalue weighted by molar-refractivity contribution is 9.10. The Morgan fingerprint density at radius 1 is 1.21 bits per heavy atom. The van der Waals surface area contributed by atoms with Crippen molar-refractivity contribution in [2.45, 2.75) is 19.4 Å². The molecule has 2 aromatic carbocycles. The first kappa shape index (κ1) is 14.2. The molecule has 19 heavy (non-hydrogen) atoms. The van der Waals surface area contributed by atoms with E-state index in [1.165, 1.54) is 0 Å². The van der Waals surface area contributed by atoms with Crippen LogP contribution in [-0.4, -0.2) is 5.11 Å². The van der Waals surface area contributed by atoms with Gasteiger partial charge in [-0.2, -0.15) is 0 Å². The zero-order valence-electron chi connectivity index (χ0n) is 10.5. The highest BCUT2D eigenvalue weighted by Crippen LogP contribution is 2.29. The third-order valence-corrected chi connectivity index (χ3v) is 4.20. The number of phenolic OH excluding ortho intramolecular Hbond substituents is 1. The lowest BCUT2D eigenvalue weighted by atomic mass is 10.0. The van der Waals surface area contributed by atoms with E-state index in [0.717, 1.165) is 22.1 Å². The minimum absolute atomic E-state index is 0.192.